The van der Waals surface area contributed by atoms with Crippen molar-refractivity contribution in [2.45, 2.75) is 26.7 Å². The first-order valence-electron chi connectivity index (χ1n) is 7.92. The van der Waals surface area contributed by atoms with E-state index in [2.05, 4.69) is 5.32 Å². The van der Waals surface area contributed by atoms with Gasteiger partial charge in [0.05, 0.1) is 12.5 Å². The highest BCUT2D eigenvalue weighted by molar-refractivity contribution is 5.86. The second-order valence-electron chi connectivity index (χ2n) is 5.77. The number of piperidine rings is 1. The van der Waals surface area contributed by atoms with Gasteiger partial charge >= 0.3 is 6.03 Å². The normalized spacial score (nSPS) is 17.8. The van der Waals surface area contributed by atoms with Crippen LogP contribution in [0.1, 0.15) is 26.7 Å². The largest absolute Gasteiger partial charge is 0.355 e. The first-order chi connectivity index (χ1) is 10.4. The highest BCUT2D eigenvalue weighted by Crippen LogP contribution is 2.19. The number of likely N-dealkylation sites (N-methyl/N-ethyl adjacent to an activating group) is 2. The Bertz CT molecular complexity index is 412. The second-order valence-corrected chi connectivity index (χ2v) is 5.77. The summed E-state index contributed by atoms with van der Waals surface area (Å²) in [6.45, 7) is 5.96. The third kappa shape index (κ3) is 4.89. The Balaban J connectivity index is 2.65. The number of amides is 4. The highest BCUT2D eigenvalue weighted by Gasteiger charge is 2.31. The van der Waals surface area contributed by atoms with Crippen LogP contribution in [0.5, 0.6) is 0 Å². The van der Waals surface area contributed by atoms with Crippen LogP contribution >= 0.6 is 0 Å². The molecule has 7 heteroatoms. The Morgan fingerprint density at radius 2 is 1.91 bits per heavy atom. The Labute approximate surface area is 132 Å². The summed E-state index contributed by atoms with van der Waals surface area (Å²) in [5.74, 6) is -0.397. The molecule has 0 unspecified atom stereocenters. The average Bonchev–Trinajstić information content (AvgIpc) is 2.51. The number of nitrogens with zero attached hydrogens (tertiary/aromatic N) is 3. The summed E-state index contributed by atoms with van der Waals surface area (Å²) in [6, 6.07) is -0.0655. The van der Waals surface area contributed by atoms with Crippen LogP contribution in [0.4, 0.5) is 4.79 Å². The van der Waals surface area contributed by atoms with Gasteiger partial charge in [-0.15, -0.1) is 0 Å². The molecule has 7 nitrogen and oxygen atoms in total. The summed E-state index contributed by atoms with van der Waals surface area (Å²) in [7, 11) is 3.42. The van der Waals surface area contributed by atoms with Crippen molar-refractivity contribution in [1.82, 2.24) is 20.0 Å². The van der Waals surface area contributed by atoms with Crippen LogP contribution in [0.25, 0.3) is 0 Å². The monoisotopic (exact) mass is 312 g/mol. The minimum absolute atomic E-state index is 0.0370. The molecule has 0 spiro atoms. The summed E-state index contributed by atoms with van der Waals surface area (Å²) in [5.41, 5.74) is 0. The van der Waals surface area contributed by atoms with E-state index in [1.165, 1.54) is 4.90 Å². The number of nitrogens with one attached hydrogen (secondary N) is 1. The predicted octanol–water partition coefficient (Wildman–Crippen LogP) is 0.365. The van der Waals surface area contributed by atoms with Crippen molar-refractivity contribution >= 4 is 17.8 Å². The third-order valence-corrected chi connectivity index (χ3v) is 3.83. The molecule has 1 aliphatic heterocycles. The van der Waals surface area contributed by atoms with Crippen molar-refractivity contribution < 1.29 is 14.4 Å². The van der Waals surface area contributed by atoms with Gasteiger partial charge in [-0.05, 0) is 26.7 Å². The molecule has 126 valence electrons. The van der Waals surface area contributed by atoms with E-state index >= 15 is 0 Å². The maximum absolute atomic E-state index is 12.6. The Hall–Kier alpha value is -1.79. The molecule has 1 N–H and O–H groups in total. The highest BCUT2D eigenvalue weighted by atomic mass is 16.2. The first-order valence-corrected chi connectivity index (χ1v) is 7.92. The van der Waals surface area contributed by atoms with Crippen LogP contribution < -0.4 is 5.32 Å². The molecular weight excluding hydrogens is 284 g/mol. The molecule has 0 bridgehead atoms. The summed E-state index contributed by atoms with van der Waals surface area (Å²) in [4.78, 5) is 41.1. The van der Waals surface area contributed by atoms with Crippen molar-refractivity contribution in [3.05, 3.63) is 0 Å². The molecular formula is C15H28N4O3. The minimum atomic E-state index is -0.216. The quantitative estimate of drug-likeness (QED) is 0.797. The van der Waals surface area contributed by atoms with Crippen LogP contribution in [0.2, 0.25) is 0 Å². The molecule has 0 aromatic carbocycles. The van der Waals surface area contributed by atoms with Gasteiger partial charge in [0, 0.05) is 40.3 Å². The van der Waals surface area contributed by atoms with E-state index in [4.69, 9.17) is 0 Å². The summed E-state index contributed by atoms with van der Waals surface area (Å²) >= 11 is 0. The molecule has 1 saturated heterocycles. The van der Waals surface area contributed by atoms with Crippen LogP contribution in [0, 0.1) is 5.92 Å². The van der Waals surface area contributed by atoms with E-state index in [1.54, 1.807) is 23.9 Å². The molecule has 4 amide bonds. The molecule has 1 fully saturated rings. The van der Waals surface area contributed by atoms with Gasteiger partial charge in [-0.1, -0.05) is 0 Å². The van der Waals surface area contributed by atoms with E-state index in [0.717, 1.165) is 12.8 Å². The van der Waals surface area contributed by atoms with Crippen molar-refractivity contribution in [2.24, 2.45) is 5.92 Å². The molecule has 1 rings (SSSR count). The molecule has 0 aromatic rings. The lowest BCUT2D eigenvalue weighted by Gasteiger charge is -2.35. The summed E-state index contributed by atoms with van der Waals surface area (Å²) in [5, 5.41) is 2.71. The Morgan fingerprint density at radius 1 is 1.23 bits per heavy atom. The first kappa shape index (κ1) is 18.3. The zero-order valence-electron chi connectivity index (χ0n) is 14.1. The van der Waals surface area contributed by atoms with Gasteiger partial charge in [0.15, 0.2) is 0 Å². The Morgan fingerprint density at radius 3 is 2.45 bits per heavy atom. The molecule has 1 atom stereocenters. The number of rotatable bonds is 5. The van der Waals surface area contributed by atoms with Gasteiger partial charge < -0.3 is 20.0 Å². The van der Waals surface area contributed by atoms with Crippen molar-refractivity contribution in [2.75, 3.05) is 46.8 Å². The molecule has 0 aliphatic carbocycles. The van der Waals surface area contributed by atoms with E-state index in [0.29, 0.717) is 26.2 Å². The Kier molecular flexibility index (Phi) is 7.14. The molecule has 0 saturated carbocycles. The van der Waals surface area contributed by atoms with Crippen molar-refractivity contribution in [3.63, 3.8) is 0 Å². The molecule has 0 radical (unpaired) electrons. The maximum atomic E-state index is 12.6. The fourth-order valence-electron chi connectivity index (χ4n) is 2.67. The molecule has 0 aromatic heterocycles. The standard InChI is InChI=1S/C15H28N4O3/c1-5-16-13(20)11-18(6-2)14(21)12-8-7-9-19(10-12)15(22)17(3)4/h12H,5-11H2,1-4H3,(H,16,20)/t12-/m0/s1. The van der Waals surface area contributed by atoms with Crippen LogP contribution in [0.3, 0.4) is 0 Å². The van der Waals surface area contributed by atoms with Crippen LogP contribution in [-0.2, 0) is 9.59 Å². The van der Waals surface area contributed by atoms with Crippen LogP contribution in [-0.4, -0.2) is 79.4 Å². The lowest BCUT2D eigenvalue weighted by atomic mass is 9.96. The third-order valence-electron chi connectivity index (χ3n) is 3.83. The van der Waals surface area contributed by atoms with Gasteiger partial charge in [-0.25, -0.2) is 4.79 Å². The maximum Gasteiger partial charge on any atom is 0.319 e. The molecule has 1 aliphatic rings. The van der Waals surface area contributed by atoms with Gasteiger partial charge in [0.25, 0.3) is 0 Å². The predicted molar refractivity (Wildman–Crippen MR) is 84.3 cm³/mol. The number of hydrogen-bond acceptors (Lipinski definition) is 3. The van der Waals surface area contributed by atoms with Gasteiger partial charge in [0.2, 0.25) is 11.8 Å². The summed E-state index contributed by atoms with van der Waals surface area (Å²) in [6.07, 6.45) is 1.58. The van der Waals surface area contributed by atoms with Gasteiger partial charge in [-0.2, -0.15) is 0 Å². The van der Waals surface area contributed by atoms with Gasteiger partial charge in [0.1, 0.15) is 0 Å². The number of likely N-dealkylation sites (tertiary alicyclic amines) is 1. The number of hydrogen-bond donors (Lipinski definition) is 1. The number of carbonyl (C=O) groups excluding carboxylic acids is 3. The topological polar surface area (TPSA) is 73.0 Å². The zero-order chi connectivity index (χ0) is 16.7. The fourth-order valence-corrected chi connectivity index (χ4v) is 2.67. The van der Waals surface area contributed by atoms with Crippen molar-refractivity contribution in [3.8, 4) is 0 Å². The van der Waals surface area contributed by atoms with E-state index in [9.17, 15) is 14.4 Å². The van der Waals surface area contributed by atoms with E-state index < -0.39 is 0 Å². The number of carbonyl (C=O) groups is 3. The molecule has 1 heterocycles. The summed E-state index contributed by atoms with van der Waals surface area (Å²) < 4.78 is 0. The SMILES string of the molecule is CCNC(=O)CN(CC)C(=O)[C@H]1CCCN(C(=O)N(C)C)C1. The van der Waals surface area contributed by atoms with Crippen LogP contribution in [0.15, 0.2) is 0 Å². The smallest absolute Gasteiger partial charge is 0.319 e. The lowest BCUT2D eigenvalue weighted by Crippen LogP contribution is -2.50. The average molecular weight is 312 g/mol. The fraction of sp³-hybridized carbons (Fsp3) is 0.800. The minimum Gasteiger partial charge on any atom is -0.355 e. The molecule has 22 heavy (non-hydrogen) atoms. The van der Waals surface area contributed by atoms with Crippen molar-refractivity contribution in [1.29, 1.82) is 0 Å². The van der Waals surface area contributed by atoms with E-state index in [-0.39, 0.29) is 30.3 Å². The van der Waals surface area contributed by atoms with Gasteiger partial charge in [-0.3, -0.25) is 9.59 Å². The van der Waals surface area contributed by atoms with E-state index in [1.807, 2.05) is 13.8 Å². The lowest BCUT2D eigenvalue weighted by molar-refractivity contribution is -0.140. The number of urea groups is 1. The second kappa shape index (κ2) is 8.60. The zero-order valence-corrected chi connectivity index (χ0v) is 14.1.